The molecule has 2 N–H and O–H groups in total. The second-order valence-corrected chi connectivity index (χ2v) is 6.46. The zero-order valence-electron chi connectivity index (χ0n) is 13.0. The molecule has 0 atom stereocenters. The maximum Gasteiger partial charge on any atom is 0.230 e. The summed E-state index contributed by atoms with van der Waals surface area (Å²) in [5.41, 5.74) is 1.63. The number of phenolic OH excluding ortho intramolecular Hbond substituents is 1. The minimum atomic E-state index is -0.134. The van der Waals surface area contributed by atoms with Crippen LogP contribution in [0, 0.1) is 0 Å². The molecule has 25 heavy (non-hydrogen) atoms. The lowest BCUT2D eigenvalue weighted by molar-refractivity contribution is -0.118. The third-order valence-electron chi connectivity index (χ3n) is 3.25. The zero-order valence-corrected chi connectivity index (χ0v) is 14.5. The molecule has 0 aliphatic rings. The second-order valence-electron chi connectivity index (χ2n) is 5.08. The molecule has 0 fully saturated rings. The highest BCUT2D eigenvalue weighted by Crippen LogP contribution is 2.19. The lowest BCUT2D eigenvalue weighted by atomic mass is 10.2. The van der Waals surface area contributed by atoms with E-state index in [1.807, 2.05) is 12.1 Å². The highest BCUT2D eigenvalue weighted by atomic mass is 35.5. The van der Waals surface area contributed by atoms with Crippen molar-refractivity contribution in [2.45, 2.75) is 11.7 Å². The summed E-state index contributed by atoms with van der Waals surface area (Å²) in [6, 6.07) is 13.8. The van der Waals surface area contributed by atoms with E-state index < -0.39 is 0 Å². The predicted molar refractivity (Wildman–Crippen MR) is 94.8 cm³/mol. The van der Waals surface area contributed by atoms with Crippen LogP contribution in [0.1, 0.15) is 5.56 Å². The van der Waals surface area contributed by atoms with Gasteiger partial charge in [-0.1, -0.05) is 35.5 Å². The summed E-state index contributed by atoms with van der Waals surface area (Å²) in [4.78, 5) is 12.0. The van der Waals surface area contributed by atoms with Gasteiger partial charge >= 0.3 is 0 Å². The molecule has 2 aromatic carbocycles. The number of thioether (sulfide) groups is 1. The first-order chi connectivity index (χ1) is 12.1. The topological polar surface area (TPSA) is 92.9 Å². The van der Waals surface area contributed by atoms with Crippen molar-refractivity contribution in [2.24, 2.45) is 0 Å². The number of nitrogens with one attached hydrogen (secondary N) is 1. The van der Waals surface area contributed by atoms with Crippen LogP contribution in [0.4, 0.5) is 0 Å². The van der Waals surface area contributed by atoms with Crippen LogP contribution in [0.5, 0.6) is 5.75 Å². The van der Waals surface area contributed by atoms with Crippen molar-refractivity contribution in [3.8, 4) is 11.4 Å². The van der Waals surface area contributed by atoms with Gasteiger partial charge in [-0.15, -0.1) is 5.10 Å². The lowest BCUT2D eigenvalue weighted by Crippen LogP contribution is -2.24. The molecule has 128 valence electrons. The largest absolute Gasteiger partial charge is 0.508 e. The van der Waals surface area contributed by atoms with E-state index >= 15 is 0 Å². The Kier molecular flexibility index (Phi) is 5.52. The third kappa shape index (κ3) is 4.71. The van der Waals surface area contributed by atoms with Crippen LogP contribution >= 0.6 is 23.4 Å². The Morgan fingerprint density at radius 3 is 2.80 bits per heavy atom. The van der Waals surface area contributed by atoms with Crippen LogP contribution in [-0.2, 0) is 11.3 Å². The van der Waals surface area contributed by atoms with Gasteiger partial charge in [-0.05, 0) is 52.4 Å². The number of tetrazole rings is 1. The van der Waals surface area contributed by atoms with E-state index in [1.165, 1.54) is 16.4 Å². The van der Waals surface area contributed by atoms with Crippen molar-refractivity contribution < 1.29 is 9.90 Å². The first kappa shape index (κ1) is 17.2. The van der Waals surface area contributed by atoms with Gasteiger partial charge in [0.1, 0.15) is 5.75 Å². The van der Waals surface area contributed by atoms with E-state index in [-0.39, 0.29) is 17.4 Å². The summed E-state index contributed by atoms with van der Waals surface area (Å²) in [5, 5.41) is 24.8. The highest BCUT2D eigenvalue weighted by molar-refractivity contribution is 7.99. The third-order valence-corrected chi connectivity index (χ3v) is 4.40. The molecule has 0 aliphatic heterocycles. The maximum absolute atomic E-state index is 12.0. The fourth-order valence-corrected chi connectivity index (χ4v) is 2.99. The fourth-order valence-electron chi connectivity index (χ4n) is 2.05. The van der Waals surface area contributed by atoms with Gasteiger partial charge in [-0.25, -0.2) is 0 Å². The molecular formula is C16H14ClN5O2S. The number of hydrogen-bond donors (Lipinski definition) is 2. The van der Waals surface area contributed by atoms with Gasteiger partial charge in [0, 0.05) is 11.6 Å². The standard InChI is InChI=1S/C16H14ClN5O2S/c17-12-3-1-2-11(8-12)9-18-15(24)10-25-16-19-20-21-22(16)13-4-6-14(23)7-5-13/h1-8,23H,9-10H2,(H,18,24). The number of hydrogen-bond acceptors (Lipinski definition) is 6. The number of nitrogens with zero attached hydrogens (tertiary/aromatic N) is 4. The van der Waals surface area contributed by atoms with Crippen molar-refractivity contribution >= 4 is 29.3 Å². The molecular weight excluding hydrogens is 362 g/mol. The van der Waals surface area contributed by atoms with Gasteiger partial charge in [0.25, 0.3) is 0 Å². The monoisotopic (exact) mass is 375 g/mol. The average molecular weight is 376 g/mol. The highest BCUT2D eigenvalue weighted by Gasteiger charge is 2.11. The van der Waals surface area contributed by atoms with Gasteiger partial charge in [-0.3, -0.25) is 4.79 Å². The Hall–Kier alpha value is -2.58. The van der Waals surface area contributed by atoms with Gasteiger partial charge in [0.2, 0.25) is 11.1 Å². The molecule has 0 saturated carbocycles. The van der Waals surface area contributed by atoms with Crippen molar-refractivity contribution in [3.63, 3.8) is 0 Å². The minimum Gasteiger partial charge on any atom is -0.508 e. The number of phenols is 1. The molecule has 7 nitrogen and oxygen atoms in total. The first-order valence-corrected chi connectivity index (χ1v) is 8.70. The number of carbonyl (C=O) groups excluding carboxylic acids is 1. The molecule has 1 heterocycles. The number of benzene rings is 2. The van der Waals surface area contributed by atoms with Gasteiger partial charge < -0.3 is 10.4 Å². The SMILES string of the molecule is O=C(CSc1nnnn1-c1ccc(O)cc1)NCc1cccc(Cl)c1. The molecule has 0 aliphatic carbocycles. The summed E-state index contributed by atoms with van der Waals surface area (Å²) >= 11 is 7.14. The van der Waals surface area contributed by atoms with E-state index in [4.69, 9.17) is 11.6 Å². The molecule has 1 amide bonds. The lowest BCUT2D eigenvalue weighted by Gasteiger charge is -2.06. The number of aromatic hydroxyl groups is 1. The summed E-state index contributed by atoms with van der Waals surface area (Å²) < 4.78 is 1.51. The van der Waals surface area contributed by atoms with Gasteiger partial charge in [-0.2, -0.15) is 4.68 Å². The Morgan fingerprint density at radius 1 is 1.24 bits per heavy atom. The predicted octanol–water partition coefficient (Wildman–Crippen LogP) is 2.43. The smallest absolute Gasteiger partial charge is 0.230 e. The molecule has 0 saturated heterocycles. The molecule has 0 unspecified atom stereocenters. The maximum atomic E-state index is 12.0. The minimum absolute atomic E-state index is 0.134. The number of halogens is 1. The van der Waals surface area contributed by atoms with Crippen LogP contribution in [0.3, 0.4) is 0 Å². The van der Waals surface area contributed by atoms with Crippen molar-refractivity contribution in [2.75, 3.05) is 5.75 Å². The number of carbonyl (C=O) groups is 1. The van der Waals surface area contributed by atoms with Crippen molar-refractivity contribution in [1.29, 1.82) is 0 Å². The molecule has 1 aromatic heterocycles. The van der Waals surface area contributed by atoms with Crippen molar-refractivity contribution in [3.05, 3.63) is 59.1 Å². The second kappa shape index (κ2) is 8.00. The Bertz CT molecular complexity index is 869. The van der Waals surface area contributed by atoms with Crippen molar-refractivity contribution in [1.82, 2.24) is 25.5 Å². The van der Waals surface area contributed by atoms with Crippen LogP contribution in [0.2, 0.25) is 5.02 Å². The van der Waals surface area contributed by atoms with E-state index in [9.17, 15) is 9.90 Å². The summed E-state index contributed by atoms with van der Waals surface area (Å²) in [6.45, 7) is 0.406. The normalized spacial score (nSPS) is 10.6. The van der Waals surface area contributed by atoms with Crippen LogP contribution < -0.4 is 5.32 Å². The summed E-state index contributed by atoms with van der Waals surface area (Å²) in [6.07, 6.45) is 0. The van der Waals surface area contributed by atoms with Gasteiger partial charge in [0.05, 0.1) is 11.4 Å². The number of aromatic nitrogens is 4. The average Bonchev–Trinajstić information content (AvgIpc) is 3.07. The number of amides is 1. The Morgan fingerprint density at radius 2 is 2.04 bits per heavy atom. The quantitative estimate of drug-likeness (QED) is 0.643. The van der Waals surface area contributed by atoms with E-state index in [1.54, 1.807) is 36.4 Å². The van der Waals surface area contributed by atoms with Crippen LogP contribution in [0.25, 0.3) is 5.69 Å². The molecule has 0 spiro atoms. The molecule has 9 heteroatoms. The molecule has 0 radical (unpaired) electrons. The summed E-state index contributed by atoms with van der Waals surface area (Å²) in [5.74, 6) is 0.204. The zero-order chi connectivity index (χ0) is 17.6. The van der Waals surface area contributed by atoms with E-state index in [2.05, 4.69) is 20.8 Å². The number of rotatable bonds is 6. The fraction of sp³-hybridized carbons (Fsp3) is 0.125. The van der Waals surface area contributed by atoms with Gasteiger partial charge in [0.15, 0.2) is 0 Å². The Labute approximate surface area is 153 Å². The first-order valence-electron chi connectivity index (χ1n) is 7.33. The molecule has 0 bridgehead atoms. The van der Waals surface area contributed by atoms with E-state index in [0.717, 1.165) is 5.56 Å². The van der Waals surface area contributed by atoms with Crippen LogP contribution in [-0.4, -0.2) is 37.0 Å². The molecule has 3 rings (SSSR count). The Balaban J connectivity index is 1.56. The van der Waals surface area contributed by atoms with E-state index in [0.29, 0.717) is 22.4 Å². The van der Waals surface area contributed by atoms with Crippen LogP contribution in [0.15, 0.2) is 53.7 Å². The molecule has 3 aromatic rings. The summed E-state index contributed by atoms with van der Waals surface area (Å²) in [7, 11) is 0.